The number of hydrogen-bond donors (Lipinski definition) is 2. The van der Waals surface area contributed by atoms with E-state index in [1.54, 1.807) is 0 Å². The fourth-order valence-corrected chi connectivity index (χ4v) is 5.26. The van der Waals surface area contributed by atoms with Gasteiger partial charge in [0.2, 0.25) is 10.0 Å². The van der Waals surface area contributed by atoms with Gasteiger partial charge in [0.15, 0.2) is 5.96 Å². The molecule has 0 bridgehead atoms. The maximum atomic E-state index is 11.8. The number of sulfonamides is 1. The maximum absolute atomic E-state index is 11.8. The zero-order valence-electron chi connectivity index (χ0n) is 15.1. The number of nitrogens with one attached hydrogen (secondary N) is 2. The Bertz CT molecular complexity index is 661. The van der Waals surface area contributed by atoms with Crippen LogP contribution in [-0.4, -0.2) is 56.7 Å². The minimum atomic E-state index is -3.03. The molecule has 25 heavy (non-hydrogen) atoms. The van der Waals surface area contributed by atoms with Crippen molar-refractivity contribution in [3.63, 3.8) is 0 Å². The molecule has 0 radical (unpaired) electrons. The van der Waals surface area contributed by atoms with Gasteiger partial charge in [0, 0.05) is 41.9 Å². The van der Waals surface area contributed by atoms with E-state index in [-0.39, 0.29) is 35.8 Å². The van der Waals surface area contributed by atoms with Gasteiger partial charge in [-0.25, -0.2) is 12.7 Å². The van der Waals surface area contributed by atoms with E-state index in [4.69, 9.17) is 0 Å². The largest absolute Gasteiger partial charge is 0.357 e. The molecule has 2 N–H and O–H groups in total. The zero-order valence-corrected chi connectivity index (χ0v) is 19.1. The number of thiophene rings is 1. The summed E-state index contributed by atoms with van der Waals surface area (Å²) >= 11 is 1.82. The lowest BCUT2D eigenvalue weighted by Crippen LogP contribution is -2.43. The lowest BCUT2D eigenvalue weighted by atomic mass is 10.2. The Morgan fingerprint density at radius 3 is 2.76 bits per heavy atom. The third kappa shape index (κ3) is 7.40. The first-order chi connectivity index (χ1) is 11.4. The summed E-state index contributed by atoms with van der Waals surface area (Å²) < 4.78 is 25.1. The van der Waals surface area contributed by atoms with E-state index < -0.39 is 10.0 Å². The molecule has 0 aromatic carbocycles. The van der Waals surface area contributed by atoms with E-state index in [2.05, 4.69) is 41.6 Å². The van der Waals surface area contributed by atoms with Crippen molar-refractivity contribution in [3.8, 4) is 0 Å². The van der Waals surface area contributed by atoms with Gasteiger partial charge in [-0.1, -0.05) is 0 Å². The number of guanidine groups is 1. The molecule has 0 aliphatic carbocycles. The van der Waals surface area contributed by atoms with Crippen LogP contribution in [0.4, 0.5) is 0 Å². The van der Waals surface area contributed by atoms with Crippen LogP contribution in [-0.2, 0) is 16.4 Å². The Labute approximate surface area is 172 Å². The van der Waals surface area contributed by atoms with Crippen molar-refractivity contribution in [3.05, 3.63) is 21.9 Å². The average molecular weight is 500 g/mol. The molecule has 0 spiro atoms. The zero-order chi connectivity index (χ0) is 17.6. The van der Waals surface area contributed by atoms with Crippen molar-refractivity contribution in [1.82, 2.24) is 14.9 Å². The summed E-state index contributed by atoms with van der Waals surface area (Å²) in [5, 5.41) is 6.62. The Morgan fingerprint density at radius 1 is 1.44 bits per heavy atom. The minimum absolute atomic E-state index is 0. The number of nitrogens with zero attached hydrogens (tertiary/aromatic N) is 2. The van der Waals surface area contributed by atoms with Crippen LogP contribution in [0, 0.1) is 6.92 Å². The van der Waals surface area contributed by atoms with Crippen LogP contribution in [0.5, 0.6) is 0 Å². The second-order valence-corrected chi connectivity index (χ2v) is 9.55. The smallest absolute Gasteiger partial charge is 0.214 e. The van der Waals surface area contributed by atoms with Gasteiger partial charge in [-0.15, -0.1) is 35.3 Å². The van der Waals surface area contributed by atoms with Gasteiger partial charge in [-0.3, -0.25) is 4.99 Å². The van der Waals surface area contributed by atoms with Gasteiger partial charge >= 0.3 is 0 Å². The van der Waals surface area contributed by atoms with Crippen molar-refractivity contribution < 1.29 is 8.42 Å². The number of aryl methyl sites for hydroxylation is 1. The Balaban J connectivity index is 0.00000312. The van der Waals surface area contributed by atoms with Crippen LogP contribution in [0.3, 0.4) is 0 Å². The molecule has 144 valence electrons. The summed E-state index contributed by atoms with van der Waals surface area (Å²) in [5.41, 5.74) is 0. The van der Waals surface area contributed by atoms with E-state index in [0.29, 0.717) is 19.6 Å². The first-order valence-electron chi connectivity index (χ1n) is 8.48. The SMILES string of the molecule is CCNC(=NCCN1CCCS1(=O)=O)NC(C)Cc1ccc(C)s1.I. The number of rotatable bonds is 7. The number of halogens is 1. The molecule has 2 rings (SSSR count). The number of hydrogen-bond acceptors (Lipinski definition) is 4. The topological polar surface area (TPSA) is 73.8 Å². The molecule has 0 saturated carbocycles. The van der Waals surface area contributed by atoms with Gasteiger partial charge in [0.1, 0.15) is 0 Å². The summed E-state index contributed by atoms with van der Waals surface area (Å²) in [4.78, 5) is 7.20. The van der Waals surface area contributed by atoms with E-state index in [1.807, 2.05) is 18.3 Å². The molecule has 9 heteroatoms. The average Bonchev–Trinajstić information content (AvgIpc) is 3.04. The van der Waals surface area contributed by atoms with Gasteiger partial charge in [-0.05, 0) is 39.3 Å². The van der Waals surface area contributed by atoms with Gasteiger partial charge in [-0.2, -0.15) is 0 Å². The van der Waals surface area contributed by atoms with E-state index in [0.717, 1.165) is 25.3 Å². The first kappa shape index (κ1) is 22.7. The van der Waals surface area contributed by atoms with E-state index >= 15 is 0 Å². The van der Waals surface area contributed by atoms with Crippen molar-refractivity contribution in [2.45, 2.75) is 39.7 Å². The normalized spacial score (nSPS) is 18.6. The Kier molecular flexibility index (Phi) is 9.68. The lowest BCUT2D eigenvalue weighted by Gasteiger charge is -2.18. The maximum Gasteiger partial charge on any atom is 0.214 e. The van der Waals surface area contributed by atoms with Crippen molar-refractivity contribution in [2.75, 3.05) is 31.9 Å². The molecular weight excluding hydrogens is 471 g/mol. The predicted octanol–water partition coefficient (Wildman–Crippen LogP) is 2.20. The Morgan fingerprint density at radius 2 is 2.20 bits per heavy atom. The molecule has 1 aromatic heterocycles. The third-order valence-electron chi connectivity index (χ3n) is 3.85. The van der Waals surface area contributed by atoms with Gasteiger partial charge in [0.05, 0.1) is 12.3 Å². The standard InChI is InChI=1S/C16H28N4O2S2.HI/c1-4-17-16(18-8-10-20-9-5-11-24(20,21)22)19-13(2)12-15-7-6-14(3)23-15;/h6-7,13H,4-5,8-12H2,1-3H3,(H2,17,18,19);1H. The lowest BCUT2D eigenvalue weighted by molar-refractivity contribution is 0.451. The van der Waals surface area contributed by atoms with Gasteiger partial charge in [0.25, 0.3) is 0 Å². The quantitative estimate of drug-likeness (QED) is 0.342. The molecule has 2 heterocycles. The van der Waals surface area contributed by atoms with Gasteiger partial charge < -0.3 is 10.6 Å². The molecule has 1 aliphatic heterocycles. The van der Waals surface area contributed by atoms with E-state index in [1.165, 1.54) is 14.1 Å². The van der Waals surface area contributed by atoms with Crippen LogP contribution in [0.15, 0.2) is 17.1 Å². The van der Waals surface area contributed by atoms with Crippen LogP contribution in [0.1, 0.15) is 30.0 Å². The summed E-state index contributed by atoms with van der Waals surface area (Å²) in [6.07, 6.45) is 1.67. The fraction of sp³-hybridized carbons (Fsp3) is 0.688. The summed E-state index contributed by atoms with van der Waals surface area (Å²) in [6.45, 7) is 8.60. The summed E-state index contributed by atoms with van der Waals surface area (Å²) in [5.74, 6) is 1.02. The summed E-state index contributed by atoms with van der Waals surface area (Å²) in [6, 6.07) is 4.57. The van der Waals surface area contributed by atoms with Crippen LogP contribution in [0.2, 0.25) is 0 Å². The molecule has 6 nitrogen and oxygen atoms in total. The van der Waals surface area contributed by atoms with Crippen molar-refractivity contribution in [1.29, 1.82) is 0 Å². The second-order valence-electron chi connectivity index (χ2n) is 6.09. The monoisotopic (exact) mass is 500 g/mol. The van der Waals surface area contributed by atoms with Crippen molar-refractivity contribution >= 4 is 51.3 Å². The summed E-state index contributed by atoms with van der Waals surface area (Å²) in [7, 11) is -3.03. The fourth-order valence-electron chi connectivity index (χ4n) is 2.72. The molecule has 1 atom stereocenters. The number of aliphatic imine (C=N–C) groups is 1. The highest BCUT2D eigenvalue weighted by molar-refractivity contribution is 14.0. The predicted molar refractivity (Wildman–Crippen MR) is 117 cm³/mol. The van der Waals surface area contributed by atoms with Crippen LogP contribution < -0.4 is 10.6 Å². The van der Waals surface area contributed by atoms with Crippen LogP contribution >= 0.6 is 35.3 Å². The second kappa shape index (κ2) is 10.7. The molecule has 0 amide bonds. The molecule has 1 unspecified atom stereocenters. The van der Waals surface area contributed by atoms with E-state index in [9.17, 15) is 8.42 Å². The molecule has 1 fully saturated rings. The Hall–Kier alpha value is -0.390. The molecule has 1 aliphatic rings. The first-order valence-corrected chi connectivity index (χ1v) is 10.9. The molecular formula is C16H29IN4O2S2. The molecule has 1 saturated heterocycles. The van der Waals surface area contributed by atoms with Crippen molar-refractivity contribution in [2.24, 2.45) is 4.99 Å². The highest BCUT2D eigenvalue weighted by Crippen LogP contribution is 2.16. The molecule has 1 aromatic rings. The third-order valence-corrected chi connectivity index (χ3v) is 6.83. The minimum Gasteiger partial charge on any atom is -0.357 e. The highest BCUT2D eigenvalue weighted by atomic mass is 127. The van der Waals surface area contributed by atoms with Crippen LogP contribution in [0.25, 0.3) is 0 Å². The highest BCUT2D eigenvalue weighted by Gasteiger charge is 2.27.